The number of carbonyl (C=O) groups is 1. The maximum Gasteiger partial charge on any atom is 0.248 e. The quantitative estimate of drug-likeness (QED) is 0.682. The number of amides is 1. The highest BCUT2D eigenvalue weighted by molar-refractivity contribution is 7.89. The number of nitrogens with zero attached hydrogens (tertiary/aromatic N) is 3. The predicted octanol–water partition coefficient (Wildman–Crippen LogP) is 2.60. The Labute approximate surface area is 190 Å². The number of hydrogen-bond donors (Lipinski definition) is 1. The van der Waals surface area contributed by atoms with E-state index in [2.05, 4.69) is 27.5 Å². The summed E-state index contributed by atoms with van der Waals surface area (Å²) in [6.07, 6.45) is 3.51. The number of rotatable bonds is 7. The van der Waals surface area contributed by atoms with Crippen molar-refractivity contribution in [3.8, 4) is 0 Å². The predicted molar refractivity (Wildman–Crippen MR) is 120 cm³/mol. The number of aromatic nitrogens is 1. The molecule has 0 spiro atoms. The second kappa shape index (κ2) is 9.72. The number of piperidine rings is 1. The van der Waals surface area contributed by atoms with Crippen LogP contribution < -0.4 is 5.32 Å². The van der Waals surface area contributed by atoms with Crippen molar-refractivity contribution < 1.29 is 17.7 Å². The summed E-state index contributed by atoms with van der Waals surface area (Å²) < 4.78 is 32.4. The van der Waals surface area contributed by atoms with Gasteiger partial charge in [0.15, 0.2) is 5.76 Å². The van der Waals surface area contributed by atoms with E-state index >= 15 is 0 Å². The van der Waals surface area contributed by atoms with Gasteiger partial charge in [0, 0.05) is 32.1 Å². The molecular weight excluding hydrogens is 428 g/mol. The monoisotopic (exact) mass is 460 g/mol. The van der Waals surface area contributed by atoms with E-state index in [0.29, 0.717) is 43.9 Å². The van der Waals surface area contributed by atoms with Gasteiger partial charge in [0.25, 0.3) is 0 Å². The van der Waals surface area contributed by atoms with E-state index in [0.717, 1.165) is 25.2 Å². The number of likely N-dealkylation sites (tertiary alicyclic amines) is 1. The maximum atomic E-state index is 13.0. The molecule has 0 aliphatic carbocycles. The van der Waals surface area contributed by atoms with E-state index in [9.17, 15) is 13.2 Å². The maximum absolute atomic E-state index is 13.0. The van der Waals surface area contributed by atoms with Crippen LogP contribution in [0.2, 0.25) is 0 Å². The summed E-state index contributed by atoms with van der Waals surface area (Å²) in [5.74, 6) is 0.113. The van der Waals surface area contributed by atoms with Gasteiger partial charge >= 0.3 is 0 Å². The second-order valence-corrected chi connectivity index (χ2v) is 10.7. The number of aryl methyl sites for hydroxylation is 2. The van der Waals surface area contributed by atoms with Crippen LogP contribution in [0.3, 0.4) is 0 Å². The summed E-state index contributed by atoms with van der Waals surface area (Å²) in [7, 11) is -3.66. The van der Waals surface area contributed by atoms with Crippen LogP contribution >= 0.6 is 0 Å². The minimum Gasteiger partial charge on any atom is -0.360 e. The average Bonchev–Trinajstić information content (AvgIpc) is 3.42. The average molecular weight is 461 g/mol. The third kappa shape index (κ3) is 4.89. The van der Waals surface area contributed by atoms with Crippen molar-refractivity contribution in [1.29, 1.82) is 0 Å². The lowest BCUT2D eigenvalue weighted by Crippen LogP contribution is -2.43. The van der Waals surface area contributed by atoms with Crippen molar-refractivity contribution in [3.63, 3.8) is 0 Å². The standard InChI is InChI=1S/C23H32N4O4S/c1-17-22(18(2)31-25-17)32(29,30)27-13-9-19(10-14-27)23(28)24-15-20-7-3-4-8-21(20)16-26-11-5-6-12-26/h3-4,7-8,19H,5-6,9-16H2,1-2H3,(H,24,28). The van der Waals surface area contributed by atoms with Crippen LogP contribution in [0.5, 0.6) is 0 Å². The van der Waals surface area contributed by atoms with Crippen LogP contribution in [0.15, 0.2) is 33.7 Å². The molecule has 0 unspecified atom stereocenters. The third-order valence-electron chi connectivity index (χ3n) is 6.55. The van der Waals surface area contributed by atoms with Crippen LogP contribution in [0.4, 0.5) is 0 Å². The minimum atomic E-state index is -3.66. The first kappa shape index (κ1) is 22.9. The molecule has 2 fully saturated rings. The van der Waals surface area contributed by atoms with Crippen molar-refractivity contribution in [2.24, 2.45) is 5.92 Å². The Bertz CT molecular complexity index is 1030. The fourth-order valence-electron chi connectivity index (χ4n) is 4.72. The molecule has 1 amide bonds. The molecule has 32 heavy (non-hydrogen) atoms. The Balaban J connectivity index is 1.32. The molecule has 9 heteroatoms. The van der Waals surface area contributed by atoms with Gasteiger partial charge in [0.2, 0.25) is 15.9 Å². The van der Waals surface area contributed by atoms with Gasteiger partial charge in [0.1, 0.15) is 10.6 Å². The Kier molecular flexibility index (Phi) is 6.97. The molecule has 3 heterocycles. The Morgan fingerprint density at radius 3 is 2.38 bits per heavy atom. The first-order valence-corrected chi connectivity index (χ1v) is 12.8. The van der Waals surface area contributed by atoms with Crippen molar-refractivity contribution >= 4 is 15.9 Å². The highest BCUT2D eigenvalue weighted by atomic mass is 32.2. The van der Waals surface area contributed by atoms with Crippen LogP contribution in [-0.2, 0) is 27.9 Å². The van der Waals surface area contributed by atoms with Gasteiger partial charge in [0.05, 0.1) is 0 Å². The Hall–Kier alpha value is -2.23. The fourth-order valence-corrected chi connectivity index (χ4v) is 6.48. The van der Waals surface area contributed by atoms with Crippen molar-refractivity contribution in [2.45, 2.75) is 57.5 Å². The van der Waals surface area contributed by atoms with E-state index in [1.54, 1.807) is 13.8 Å². The van der Waals surface area contributed by atoms with Crippen LogP contribution in [-0.4, -0.2) is 54.9 Å². The molecule has 1 N–H and O–H groups in total. The number of hydrogen-bond acceptors (Lipinski definition) is 6. The minimum absolute atomic E-state index is 0.00429. The third-order valence-corrected chi connectivity index (χ3v) is 8.70. The van der Waals surface area contributed by atoms with Gasteiger partial charge in [-0.25, -0.2) is 8.42 Å². The zero-order chi connectivity index (χ0) is 22.7. The SMILES string of the molecule is Cc1noc(C)c1S(=O)(=O)N1CCC(C(=O)NCc2ccccc2CN2CCCC2)CC1. The fraction of sp³-hybridized carbons (Fsp3) is 0.565. The summed E-state index contributed by atoms with van der Waals surface area (Å²) in [5.41, 5.74) is 2.77. The molecule has 174 valence electrons. The summed E-state index contributed by atoms with van der Waals surface area (Å²) >= 11 is 0. The van der Waals surface area contributed by atoms with Crippen molar-refractivity contribution in [3.05, 3.63) is 46.8 Å². The molecule has 2 aromatic rings. The van der Waals surface area contributed by atoms with Crippen molar-refractivity contribution in [1.82, 2.24) is 19.7 Å². The highest BCUT2D eigenvalue weighted by Crippen LogP contribution is 2.28. The van der Waals surface area contributed by atoms with Crippen LogP contribution in [0.25, 0.3) is 0 Å². The number of sulfonamides is 1. The molecule has 8 nitrogen and oxygen atoms in total. The summed E-state index contributed by atoms with van der Waals surface area (Å²) in [4.78, 5) is 15.4. The van der Waals surface area contributed by atoms with E-state index in [1.165, 1.54) is 22.7 Å². The van der Waals surface area contributed by atoms with Crippen LogP contribution in [0, 0.1) is 19.8 Å². The van der Waals surface area contributed by atoms with E-state index in [4.69, 9.17) is 4.52 Å². The molecule has 4 rings (SSSR count). The van der Waals surface area contributed by atoms with Gasteiger partial charge in [-0.3, -0.25) is 9.69 Å². The summed E-state index contributed by atoms with van der Waals surface area (Å²) in [6, 6.07) is 8.27. The number of benzene rings is 1. The van der Waals surface area contributed by atoms with E-state index in [-0.39, 0.29) is 16.7 Å². The summed E-state index contributed by atoms with van der Waals surface area (Å²) in [6.45, 7) is 7.56. The topological polar surface area (TPSA) is 95.8 Å². The summed E-state index contributed by atoms with van der Waals surface area (Å²) in [5, 5.41) is 6.85. The van der Waals surface area contributed by atoms with Crippen molar-refractivity contribution in [2.75, 3.05) is 26.2 Å². The van der Waals surface area contributed by atoms with E-state index < -0.39 is 10.0 Å². The molecule has 1 aromatic heterocycles. The Morgan fingerprint density at radius 1 is 1.09 bits per heavy atom. The first-order chi connectivity index (χ1) is 15.4. The zero-order valence-electron chi connectivity index (χ0n) is 18.8. The lowest BCUT2D eigenvalue weighted by molar-refractivity contribution is -0.126. The lowest BCUT2D eigenvalue weighted by atomic mass is 9.97. The van der Waals surface area contributed by atoms with Gasteiger partial charge in [-0.05, 0) is 63.7 Å². The molecule has 2 aliphatic rings. The second-order valence-electron chi connectivity index (χ2n) is 8.80. The van der Waals surface area contributed by atoms with Crippen LogP contribution in [0.1, 0.15) is 48.3 Å². The molecule has 0 atom stereocenters. The number of nitrogens with one attached hydrogen (secondary N) is 1. The molecule has 2 aliphatic heterocycles. The molecular formula is C23H32N4O4S. The normalized spacial score (nSPS) is 18.8. The molecule has 0 radical (unpaired) electrons. The van der Waals surface area contributed by atoms with Gasteiger partial charge in [-0.2, -0.15) is 4.31 Å². The molecule has 1 aromatic carbocycles. The van der Waals surface area contributed by atoms with Gasteiger partial charge in [-0.15, -0.1) is 0 Å². The molecule has 2 saturated heterocycles. The van der Waals surface area contributed by atoms with Gasteiger partial charge in [-0.1, -0.05) is 29.4 Å². The smallest absolute Gasteiger partial charge is 0.248 e. The lowest BCUT2D eigenvalue weighted by Gasteiger charge is -2.30. The number of carbonyl (C=O) groups excluding carboxylic acids is 1. The zero-order valence-corrected chi connectivity index (χ0v) is 19.7. The molecule has 0 saturated carbocycles. The first-order valence-electron chi connectivity index (χ1n) is 11.4. The Morgan fingerprint density at radius 2 is 1.75 bits per heavy atom. The van der Waals surface area contributed by atoms with Gasteiger partial charge < -0.3 is 9.84 Å². The van der Waals surface area contributed by atoms with E-state index in [1.807, 2.05) is 12.1 Å². The largest absolute Gasteiger partial charge is 0.360 e. The highest BCUT2D eigenvalue weighted by Gasteiger charge is 2.35. The molecule has 0 bridgehead atoms.